The van der Waals surface area contributed by atoms with Crippen LogP contribution in [0.1, 0.15) is 226 Å². The standard InChI is InChI=1S/C48H92O12S/c1-3-5-7-9-11-13-15-17-18-19-20-21-22-23-24-25-27-29-31-33-35-37-44(50)58-42(40-56-38-36-34-32-30-28-26-16-14-12-10-8-6-4-2)41-57-48-46(52)47(60-61(53,54)55)45(51)43(39-49)59-48/h12,14,42-43,45-49,51-52H,3-11,13,15-41H2,1-2H3,(H,53,54,55)/b14-12-. The number of allylic oxidation sites excluding steroid dienone is 2. The molecule has 0 amide bonds. The molecule has 0 aromatic rings. The van der Waals surface area contributed by atoms with Crippen molar-refractivity contribution in [3.63, 3.8) is 0 Å². The molecule has 0 saturated carbocycles. The quantitative estimate of drug-likeness (QED) is 0.0197. The number of carbonyl (C=O) groups is 1. The Labute approximate surface area is 372 Å². The zero-order valence-electron chi connectivity index (χ0n) is 38.7. The summed E-state index contributed by atoms with van der Waals surface area (Å²) >= 11 is 0. The molecule has 1 aliphatic heterocycles. The van der Waals surface area contributed by atoms with Crippen molar-refractivity contribution in [3.8, 4) is 0 Å². The molecule has 13 heteroatoms. The van der Waals surface area contributed by atoms with Crippen LogP contribution in [0.3, 0.4) is 0 Å². The number of rotatable bonds is 44. The highest BCUT2D eigenvalue weighted by atomic mass is 32.3. The molecular weight excluding hydrogens is 801 g/mol. The fourth-order valence-electron chi connectivity index (χ4n) is 7.85. The first kappa shape index (κ1) is 57.9. The number of hydrogen-bond acceptors (Lipinski definition) is 11. The first-order valence-electron chi connectivity index (χ1n) is 24.9. The normalized spacial score (nSPS) is 20.1. The van der Waals surface area contributed by atoms with Crippen LogP contribution < -0.4 is 0 Å². The number of carbonyl (C=O) groups excluding carboxylic acids is 1. The molecule has 362 valence electrons. The van der Waals surface area contributed by atoms with Crippen molar-refractivity contribution in [1.82, 2.24) is 0 Å². The minimum atomic E-state index is -5.06. The van der Waals surface area contributed by atoms with Crippen molar-refractivity contribution >= 4 is 16.4 Å². The minimum Gasteiger partial charge on any atom is -0.457 e. The van der Waals surface area contributed by atoms with Crippen LogP contribution in [0.5, 0.6) is 0 Å². The van der Waals surface area contributed by atoms with Crippen LogP contribution in [-0.2, 0) is 38.3 Å². The van der Waals surface area contributed by atoms with E-state index in [2.05, 4.69) is 30.2 Å². The average molecular weight is 893 g/mol. The Morgan fingerprint density at radius 1 is 0.607 bits per heavy atom. The molecule has 0 bridgehead atoms. The third-order valence-corrected chi connectivity index (χ3v) is 12.1. The molecule has 61 heavy (non-hydrogen) atoms. The first-order chi connectivity index (χ1) is 29.6. The monoisotopic (exact) mass is 893 g/mol. The maximum atomic E-state index is 12.9. The van der Waals surface area contributed by atoms with E-state index in [-0.39, 0.29) is 19.6 Å². The van der Waals surface area contributed by atoms with Gasteiger partial charge in [-0.3, -0.25) is 9.35 Å². The molecule has 1 saturated heterocycles. The summed E-state index contributed by atoms with van der Waals surface area (Å²) in [4.78, 5) is 12.9. The van der Waals surface area contributed by atoms with Gasteiger partial charge in [-0.25, -0.2) is 4.18 Å². The Balaban J connectivity index is 2.34. The Morgan fingerprint density at radius 3 is 1.51 bits per heavy atom. The highest BCUT2D eigenvalue weighted by Crippen LogP contribution is 2.26. The van der Waals surface area contributed by atoms with E-state index in [0.29, 0.717) is 13.0 Å². The molecule has 0 aliphatic carbocycles. The fraction of sp³-hybridized carbons (Fsp3) is 0.938. The van der Waals surface area contributed by atoms with Gasteiger partial charge in [0.2, 0.25) is 0 Å². The van der Waals surface area contributed by atoms with Crippen molar-refractivity contribution in [3.05, 3.63) is 12.2 Å². The summed E-state index contributed by atoms with van der Waals surface area (Å²) in [5.41, 5.74) is 0. The van der Waals surface area contributed by atoms with Crippen LogP contribution in [0.25, 0.3) is 0 Å². The van der Waals surface area contributed by atoms with E-state index in [0.717, 1.165) is 44.9 Å². The van der Waals surface area contributed by atoms with E-state index < -0.39 is 59.8 Å². The van der Waals surface area contributed by atoms with E-state index in [1.54, 1.807) is 0 Å². The summed E-state index contributed by atoms with van der Waals surface area (Å²) in [5.74, 6) is -0.396. The van der Waals surface area contributed by atoms with Crippen LogP contribution in [-0.4, -0.2) is 97.5 Å². The summed E-state index contributed by atoms with van der Waals surface area (Å²) < 4.78 is 59.1. The highest BCUT2D eigenvalue weighted by Gasteiger charge is 2.48. The molecule has 1 rings (SSSR count). The molecule has 1 aliphatic rings. The van der Waals surface area contributed by atoms with Gasteiger partial charge in [-0.1, -0.05) is 193 Å². The SMILES string of the molecule is CCCCC/C=C\CCCCCCCCOCC(COC1OC(CO)C(O)C(OS(=O)(=O)O)C1O)OC(=O)CCCCCCCCCCCCCCCCCCCCCCC. The molecule has 0 spiro atoms. The van der Waals surface area contributed by atoms with Crippen LogP contribution in [0.4, 0.5) is 0 Å². The Bertz CT molecular complexity index is 1120. The number of aliphatic hydroxyl groups excluding tert-OH is 3. The number of aliphatic hydroxyl groups is 3. The van der Waals surface area contributed by atoms with Gasteiger partial charge in [-0.15, -0.1) is 0 Å². The fourth-order valence-corrected chi connectivity index (χ4v) is 8.35. The Kier molecular flexibility index (Phi) is 38.3. The second kappa shape index (κ2) is 40.4. The number of esters is 1. The zero-order valence-corrected chi connectivity index (χ0v) is 39.6. The minimum absolute atomic E-state index is 0.0372. The Morgan fingerprint density at radius 2 is 1.03 bits per heavy atom. The third-order valence-electron chi connectivity index (χ3n) is 11.6. The summed E-state index contributed by atoms with van der Waals surface area (Å²) in [5, 5.41) is 30.7. The van der Waals surface area contributed by atoms with E-state index in [1.165, 1.54) is 154 Å². The van der Waals surface area contributed by atoms with Crippen LogP contribution in [0.15, 0.2) is 12.2 Å². The summed E-state index contributed by atoms with van der Waals surface area (Å²) in [6.45, 7) is 3.99. The Hall–Kier alpha value is -1.16. The second-order valence-corrected chi connectivity index (χ2v) is 18.5. The van der Waals surface area contributed by atoms with Crippen molar-refractivity contribution < 1.29 is 56.2 Å². The lowest BCUT2D eigenvalue weighted by molar-refractivity contribution is -0.301. The van der Waals surface area contributed by atoms with Crippen molar-refractivity contribution in [2.75, 3.05) is 26.4 Å². The van der Waals surface area contributed by atoms with Crippen molar-refractivity contribution in [2.24, 2.45) is 0 Å². The summed E-state index contributed by atoms with van der Waals surface area (Å²) in [7, 11) is -5.06. The van der Waals surface area contributed by atoms with Gasteiger partial charge in [-0.05, 0) is 38.5 Å². The van der Waals surface area contributed by atoms with Crippen LogP contribution >= 0.6 is 0 Å². The molecule has 12 nitrogen and oxygen atoms in total. The molecule has 0 radical (unpaired) electrons. The molecule has 4 N–H and O–H groups in total. The lowest BCUT2D eigenvalue weighted by atomic mass is 9.99. The van der Waals surface area contributed by atoms with E-state index in [4.69, 9.17) is 18.9 Å². The molecule has 0 aromatic carbocycles. The van der Waals surface area contributed by atoms with Gasteiger partial charge >= 0.3 is 16.4 Å². The maximum absolute atomic E-state index is 12.9. The highest BCUT2D eigenvalue weighted by molar-refractivity contribution is 7.80. The zero-order chi connectivity index (χ0) is 44.7. The van der Waals surface area contributed by atoms with Crippen molar-refractivity contribution in [1.29, 1.82) is 0 Å². The molecule has 0 aromatic heterocycles. The largest absolute Gasteiger partial charge is 0.457 e. The van der Waals surface area contributed by atoms with Crippen molar-refractivity contribution in [2.45, 2.75) is 263 Å². The number of hydrogen-bond donors (Lipinski definition) is 4. The molecule has 6 atom stereocenters. The third kappa shape index (κ3) is 33.9. The van der Waals surface area contributed by atoms with E-state index in [1.807, 2.05) is 0 Å². The molecular formula is C48H92O12S. The molecule has 1 heterocycles. The molecule has 6 unspecified atom stereocenters. The van der Waals surface area contributed by atoms with Gasteiger partial charge in [0.25, 0.3) is 0 Å². The molecule has 1 fully saturated rings. The van der Waals surface area contributed by atoms with Gasteiger partial charge in [0.1, 0.15) is 30.5 Å². The van der Waals surface area contributed by atoms with E-state index in [9.17, 15) is 33.1 Å². The van der Waals surface area contributed by atoms with Gasteiger partial charge in [0, 0.05) is 13.0 Å². The predicted octanol–water partition coefficient (Wildman–Crippen LogP) is 11.0. The summed E-state index contributed by atoms with van der Waals surface area (Å²) in [6.07, 6.45) is 35.3. The van der Waals surface area contributed by atoms with Gasteiger partial charge in [0.05, 0.1) is 19.8 Å². The first-order valence-corrected chi connectivity index (χ1v) is 26.3. The second-order valence-electron chi connectivity index (χ2n) is 17.4. The number of ether oxygens (including phenoxy) is 4. The average Bonchev–Trinajstić information content (AvgIpc) is 3.23. The van der Waals surface area contributed by atoms with Crippen LogP contribution in [0.2, 0.25) is 0 Å². The van der Waals surface area contributed by atoms with E-state index >= 15 is 0 Å². The summed E-state index contributed by atoms with van der Waals surface area (Å²) in [6, 6.07) is 0. The number of unbranched alkanes of at least 4 members (excludes halogenated alkanes) is 29. The topological polar surface area (TPSA) is 178 Å². The van der Waals surface area contributed by atoms with Gasteiger partial charge in [-0.2, -0.15) is 8.42 Å². The predicted molar refractivity (Wildman–Crippen MR) is 244 cm³/mol. The lowest BCUT2D eigenvalue weighted by Gasteiger charge is -2.41. The van der Waals surface area contributed by atoms with Crippen LogP contribution in [0, 0.1) is 0 Å². The van der Waals surface area contributed by atoms with Gasteiger partial charge in [0.15, 0.2) is 6.29 Å². The lowest BCUT2D eigenvalue weighted by Crippen LogP contribution is -2.60. The van der Waals surface area contributed by atoms with Gasteiger partial charge < -0.3 is 34.3 Å². The smallest absolute Gasteiger partial charge is 0.397 e. The maximum Gasteiger partial charge on any atom is 0.397 e.